The Hall–Kier alpha value is -3.01. The molecule has 1 saturated heterocycles. The second-order valence-corrected chi connectivity index (χ2v) is 14.1. The predicted octanol–water partition coefficient (Wildman–Crippen LogP) is 7.84. The van der Waals surface area contributed by atoms with Crippen LogP contribution in [0.15, 0.2) is 36.4 Å². The molecule has 2 heterocycles. The molecule has 48 heavy (non-hydrogen) atoms. The molecule has 0 aromatic heterocycles. The minimum absolute atomic E-state index is 0.0468. The largest absolute Gasteiger partial charge is 0.494 e. The zero-order chi connectivity index (χ0) is 34.6. The number of carbonyl (C=O) groups excluding carboxylic acids is 2. The highest BCUT2D eigenvalue weighted by atomic mass is 35.5. The fourth-order valence-corrected chi connectivity index (χ4v) is 7.12. The van der Waals surface area contributed by atoms with E-state index < -0.39 is 24.1 Å². The molecule has 3 unspecified atom stereocenters. The first-order chi connectivity index (χ1) is 23.1. The van der Waals surface area contributed by atoms with Crippen molar-refractivity contribution < 1.29 is 29.0 Å². The van der Waals surface area contributed by atoms with Gasteiger partial charge in [0.15, 0.2) is 0 Å². The average molecular weight is 705 g/mol. The summed E-state index contributed by atoms with van der Waals surface area (Å²) in [7, 11) is 0. The Morgan fingerprint density at radius 3 is 2.44 bits per heavy atom. The van der Waals surface area contributed by atoms with Crippen LogP contribution in [-0.4, -0.2) is 73.4 Å². The lowest BCUT2D eigenvalue weighted by molar-refractivity contribution is -0.165. The molecule has 0 radical (unpaired) electrons. The van der Waals surface area contributed by atoms with Crippen LogP contribution in [0.5, 0.6) is 5.75 Å². The maximum atomic E-state index is 13.1. The molecule has 3 atom stereocenters. The number of benzene rings is 2. The summed E-state index contributed by atoms with van der Waals surface area (Å²) in [4.78, 5) is 44.1. The van der Waals surface area contributed by atoms with E-state index in [0.29, 0.717) is 40.4 Å². The number of anilines is 2. The van der Waals surface area contributed by atoms with Gasteiger partial charge in [-0.3, -0.25) is 19.4 Å². The number of ether oxygens (including phenoxy) is 2. The number of unbranched alkanes of at least 4 members (excludes halogenated alkanes) is 3. The van der Waals surface area contributed by atoms with Crippen LogP contribution >= 0.6 is 23.2 Å². The molecule has 2 aromatic rings. The molecule has 1 amide bonds. The first kappa shape index (κ1) is 37.8. The van der Waals surface area contributed by atoms with Gasteiger partial charge in [0.1, 0.15) is 5.75 Å². The molecule has 1 fully saturated rings. The van der Waals surface area contributed by atoms with Crippen LogP contribution < -0.4 is 14.5 Å². The fraction of sp³-hybridized carbons (Fsp3) is 0.595. The Morgan fingerprint density at radius 1 is 0.938 bits per heavy atom. The van der Waals surface area contributed by atoms with Crippen LogP contribution in [0.4, 0.5) is 11.4 Å². The van der Waals surface area contributed by atoms with E-state index in [1.807, 2.05) is 31.2 Å². The normalized spacial score (nSPS) is 17.1. The SMILES string of the molecule is CCCCCC(C)CC(C)CC(=O)OC(C(=O)O)N1C(=O)CCc2ccc(OCCCCN3CCN(c4cccc(Cl)c4Cl)CC3)cc21. The molecule has 2 aliphatic heterocycles. The number of fused-ring (bicyclic) bond motifs is 1. The van der Waals surface area contributed by atoms with Gasteiger partial charge in [-0.25, -0.2) is 4.79 Å². The van der Waals surface area contributed by atoms with Gasteiger partial charge in [0.2, 0.25) is 5.91 Å². The lowest BCUT2D eigenvalue weighted by Gasteiger charge is -2.36. The Kier molecular flexibility index (Phi) is 14.7. The maximum Gasteiger partial charge on any atom is 0.367 e. The van der Waals surface area contributed by atoms with E-state index in [1.54, 1.807) is 12.1 Å². The third-order valence-corrected chi connectivity index (χ3v) is 10.1. The molecule has 0 aliphatic carbocycles. The fourth-order valence-electron chi connectivity index (χ4n) is 6.70. The van der Waals surface area contributed by atoms with E-state index in [9.17, 15) is 19.5 Å². The smallest absolute Gasteiger partial charge is 0.367 e. The second kappa shape index (κ2) is 18.7. The van der Waals surface area contributed by atoms with Crippen molar-refractivity contribution in [1.82, 2.24) is 4.90 Å². The van der Waals surface area contributed by atoms with Crippen molar-refractivity contribution in [2.45, 2.75) is 91.2 Å². The molecule has 9 nitrogen and oxygen atoms in total. The van der Waals surface area contributed by atoms with E-state index in [2.05, 4.69) is 23.6 Å². The summed E-state index contributed by atoms with van der Waals surface area (Å²) in [5, 5.41) is 11.2. The number of aliphatic carboxylic acids is 1. The number of piperazine rings is 1. The van der Waals surface area contributed by atoms with Crippen LogP contribution in [-0.2, 0) is 25.5 Å². The van der Waals surface area contributed by atoms with Crippen molar-refractivity contribution in [1.29, 1.82) is 0 Å². The van der Waals surface area contributed by atoms with Gasteiger partial charge in [-0.05, 0) is 67.8 Å². The Morgan fingerprint density at radius 2 is 1.71 bits per heavy atom. The molecule has 0 bridgehead atoms. The van der Waals surface area contributed by atoms with Crippen LogP contribution in [0.3, 0.4) is 0 Å². The van der Waals surface area contributed by atoms with E-state index >= 15 is 0 Å². The van der Waals surface area contributed by atoms with Crippen molar-refractivity contribution >= 4 is 52.4 Å². The van der Waals surface area contributed by atoms with Gasteiger partial charge in [0.25, 0.3) is 6.23 Å². The van der Waals surface area contributed by atoms with Crippen molar-refractivity contribution in [3.63, 3.8) is 0 Å². The number of carboxylic acids is 1. The molecule has 0 spiro atoms. The van der Waals surface area contributed by atoms with Gasteiger partial charge >= 0.3 is 11.9 Å². The number of rotatable bonds is 18. The third kappa shape index (κ3) is 10.7. The van der Waals surface area contributed by atoms with Crippen LogP contribution in [0, 0.1) is 11.8 Å². The minimum atomic E-state index is -1.73. The summed E-state index contributed by atoms with van der Waals surface area (Å²) in [6, 6.07) is 11.1. The highest BCUT2D eigenvalue weighted by molar-refractivity contribution is 6.43. The average Bonchev–Trinajstić information content (AvgIpc) is 3.05. The maximum absolute atomic E-state index is 13.1. The third-order valence-electron chi connectivity index (χ3n) is 9.28. The van der Waals surface area contributed by atoms with Gasteiger partial charge in [-0.15, -0.1) is 0 Å². The number of halogens is 2. The summed E-state index contributed by atoms with van der Waals surface area (Å²) in [5.41, 5.74) is 2.21. The Bertz CT molecular complexity index is 1380. The highest BCUT2D eigenvalue weighted by Crippen LogP contribution is 2.35. The molecular formula is C37H51Cl2N3O6. The molecule has 0 saturated carbocycles. The summed E-state index contributed by atoms with van der Waals surface area (Å²) in [6.07, 6.45) is 6.28. The number of carbonyl (C=O) groups is 3. The van der Waals surface area contributed by atoms with Crippen LogP contribution in [0.2, 0.25) is 10.0 Å². The highest BCUT2D eigenvalue weighted by Gasteiger charge is 2.38. The predicted molar refractivity (Wildman–Crippen MR) is 191 cm³/mol. The second-order valence-electron chi connectivity index (χ2n) is 13.3. The number of carboxylic acid groups (broad SMARTS) is 1. The lowest BCUT2D eigenvalue weighted by atomic mass is 9.91. The van der Waals surface area contributed by atoms with Gasteiger partial charge in [-0.1, -0.05) is 81.8 Å². The van der Waals surface area contributed by atoms with Crippen LogP contribution in [0.25, 0.3) is 0 Å². The molecule has 4 rings (SSSR count). The van der Waals surface area contributed by atoms with Gasteiger partial charge in [0.05, 0.1) is 28.0 Å². The van der Waals surface area contributed by atoms with E-state index in [4.69, 9.17) is 32.7 Å². The van der Waals surface area contributed by atoms with Gasteiger partial charge < -0.3 is 19.5 Å². The quantitative estimate of drug-likeness (QED) is 0.124. The zero-order valence-electron chi connectivity index (χ0n) is 28.6. The number of aryl methyl sites for hydroxylation is 1. The molecule has 2 aromatic carbocycles. The van der Waals surface area contributed by atoms with Crippen LogP contribution in [0.1, 0.15) is 84.1 Å². The summed E-state index contributed by atoms with van der Waals surface area (Å²) in [6.45, 7) is 11.4. The number of hydrogen-bond acceptors (Lipinski definition) is 7. The molecule has 264 valence electrons. The molecule has 2 aliphatic rings. The first-order valence-electron chi connectivity index (χ1n) is 17.5. The number of nitrogens with zero attached hydrogens (tertiary/aromatic N) is 3. The topological polar surface area (TPSA) is 99.6 Å². The van der Waals surface area contributed by atoms with Crippen molar-refractivity contribution in [2.75, 3.05) is 49.1 Å². The molecule has 11 heteroatoms. The lowest BCUT2D eigenvalue weighted by Crippen LogP contribution is -2.50. The summed E-state index contributed by atoms with van der Waals surface area (Å²) in [5.74, 6) is -1.33. The molecule has 1 N–H and O–H groups in total. The summed E-state index contributed by atoms with van der Waals surface area (Å²) < 4.78 is 11.5. The molecular weight excluding hydrogens is 653 g/mol. The first-order valence-corrected chi connectivity index (χ1v) is 18.2. The van der Waals surface area contributed by atoms with Crippen molar-refractivity contribution in [2.24, 2.45) is 11.8 Å². The summed E-state index contributed by atoms with van der Waals surface area (Å²) >= 11 is 12.6. The number of esters is 1. The van der Waals surface area contributed by atoms with Gasteiger partial charge in [0, 0.05) is 45.1 Å². The monoisotopic (exact) mass is 703 g/mol. The van der Waals surface area contributed by atoms with Gasteiger partial charge in [-0.2, -0.15) is 0 Å². The van der Waals surface area contributed by atoms with E-state index in [0.717, 1.165) is 81.0 Å². The Labute approximate surface area is 295 Å². The number of hydrogen-bond donors (Lipinski definition) is 1. The van der Waals surface area contributed by atoms with E-state index in [-0.39, 0.29) is 18.8 Å². The zero-order valence-corrected chi connectivity index (χ0v) is 30.1. The van der Waals surface area contributed by atoms with Crippen molar-refractivity contribution in [3.05, 3.63) is 52.0 Å². The Balaban J connectivity index is 1.26. The number of amides is 1. The standard InChI is InChI=1S/C37H51Cl2N3O6/c1-4-5-6-10-26(2)23-27(3)24-34(44)48-36(37(45)46)42-32-25-29(15-13-28(32)14-16-33(42)43)47-22-8-7-17-40-18-20-41(21-19-40)31-12-9-11-30(38)35(31)39/h9,11-13,15,25-27,36H,4-8,10,14,16-24H2,1-3H3,(H,45,46). The van der Waals surface area contributed by atoms with E-state index in [1.165, 1.54) is 12.8 Å². The van der Waals surface area contributed by atoms with Crippen molar-refractivity contribution in [3.8, 4) is 5.75 Å². The minimum Gasteiger partial charge on any atom is -0.494 e.